The fourth-order valence-electron chi connectivity index (χ4n) is 0. The Morgan fingerprint density at radius 3 is 1.46 bits per heavy atom. The van der Waals surface area contributed by atoms with Crippen LogP contribution in [-0.2, 0) is 14.9 Å². The number of carbonyl (C=O) groups is 1. The smallest absolute Gasteiger partial charge is 0.542 e. The van der Waals surface area contributed by atoms with Gasteiger partial charge in [0, 0.05) is 0 Å². The fraction of sp³-hybridized carbons (Fsp3) is 0.667. The Kier molecular flexibility index (Phi) is 9.57. The summed E-state index contributed by atoms with van der Waals surface area (Å²) in [5.41, 5.74) is 0. The molecule has 0 aromatic rings. The Hall–Kier alpha value is 0.170. The van der Waals surface area contributed by atoms with Crippen LogP contribution in [0.1, 0.15) is 0 Å². The summed E-state index contributed by atoms with van der Waals surface area (Å²) >= 11 is 0. The summed E-state index contributed by atoms with van der Waals surface area (Å²) in [5, 5.41) is 8.78. The van der Waals surface area contributed by atoms with Gasteiger partial charge in [0.05, 0.1) is 6.26 Å². The first-order chi connectivity index (χ1) is 4.94. The minimum atomic E-state index is -5.19. The number of carboxylic acid groups (broad SMARTS) is 1. The van der Waals surface area contributed by atoms with Crippen LogP contribution in [0.3, 0.4) is 0 Å². The summed E-state index contributed by atoms with van der Waals surface area (Å²) in [6.07, 6.45) is -4.48. The van der Waals surface area contributed by atoms with Crippen molar-refractivity contribution in [3.8, 4) is 0 Å². The molecule has 0 saturated heterocycles. The molecule has 13 heavy (non-hydrogen) atoms. The van der Waals surface area contributed by atoms with Gasteiger partial charge in [0.25, 0.3) is 10.1 Å². The maximum Gasteiger partial charge on any atom is 1.00 e. The maximum absolute atomic E-state index is 10.5. The minimum absolute atomic E-state index is 0. The van der Waals surface area contributed by atoms with Crippen LogP contribution in [0.5, 0.6) is 0 Å². The molecule has 0 unspecified atom stereocenters. The number of hydrogen-bond acceptors (Lipinski definition) is 4. The van der Waals surface area contributed by atoms with Crippen molar-refractivity contribution in [1.82, 2.24) is 0 Å². The maximum atomic E-state index is 10.5. The van der Waals surface area contributed by atoms with Crippen molar-refractivity contribution in [2.24, 2.45) is 0 Å². The number of hydrogen-bond donors (Lipinski definition) is 1. The summed E-state index contributed by atoms with van der Waals surface area (Å²) in [4.78, 5) is 8.78. The van der Waals surface area contributed by atoms with Gasteiger partial charge in [-0.2, -0.15) is 21.6 Å². The van der Waals surface area contributed by atoms with Gasteiger partial charge in [0.15, 0.2) is 0 Å². The standard InChI is InChI=1S/C2HF3O2.CH4O3S.Na/c3-2(4,5)1(6)7;1-5(2,3)4;/h(H,6,7);1H3,(H,2,3,4);/q;;+1/p-1. The number of alkyl halides is 3. The van der Waals surface area contributed by atoms with Crippen molar-refractivity contribution in [3.63, 3.8) is 0 Å². The molecule has 0 spiro atoms. The molecule has 0 aliphatic rings. The van der Waals surface area contributed by atoms with Gasteiger partial charge in [0.1, 0.15) is 5.97 Å². The van der Waals surface area contributed by atoms with Gasteiger partial charge in [-0.3, -0.25) is 4.55 Å². The van der Waals surface area contributed by atoms with Crippen LogP contribution in [0.2, 0.25) is 0 Å². The zero-order chi connectivity index (χ0) is 10.6. The van der Waals surface area contributed by atoms with E-state index < -0.39 is 22.3 Å². The monoisotopic (exact) mass is 232 g/mol. The molecule has 0 atom stereocenters. The molecule has 0 heterocycles. The predicted molar refractivity (Wildman–Crippen MR) is 28.5 cm³/mol. The van der Waals surface area contributed by atoms with Crippen LogP contribution in [0.4, 0.5) is 13.2 Å². The Morgan fingerprint density at radius 1 is 1.38 bits per heavy atom. The van der Waals surface area contributed by atoms with Crippen LogP contribution in [0.25, 0.3) is 0 Å². The Morgan fingerprint density at radius 2 is 1.46 bits per heavy atom. The number of rotatable bonds is 0. The van der Waals surface area contributed by atoms with Crippen LogP contribution in [-0.4, -0.2) is 31.4 Å². The topological polar surface area (TPSA) is 94.5 Å². The number of aliphatic carboxylic acids is 1. The normalized spacial score (nSPS) is 10.5. The average molecular weight is 232 g/mol. The van der Waals surface area contributed by atoms with E-state index in [0.29, 0.717) is 6.26 Å². The largest absolute Gasteiger partial charge is 1.00 e. The Bertz CT molecular complexity index is 236. The van der Waals surface area contributed by atoms with Gasteiger partial charge in [0.2, 0.25) is 0 Å². The summed E-state index contributed by atoms with van der Waals surface area (Å²) in [6, 6.07) is 0. The zero-order valence-electron chi connectivity index (χ0n) is 6.62. The SMILES string of the molecule is CS(=O)(=O)O.O=C([O-])C(F)(F)F.[Na+]. The molecule has 0 aromatic carbocycles. The van der Waals surface area contributed by atoms with Crippen molar-refractivity contribution in [2.75, 3.05) is 6.26 Å². The molecular formula is C3H4F3NaO5S. The number of halogens is 3. The van der Waals surface area contributed by atoms with Crippen LogP contribution >= 0.6 is 0 Å². The van der Waals surface area contributed by atoms with Crippen molar-refractivity contribution in [2.45, 2.75) is 6.18 Å². The molecule has 0 saturated carbocycles. The van der Waals surface area contributed by atoms with Crippen LogP contribution < -0.4 is 34.7 Å². The molecule has 0 fully saturated rings. The molecular weight excluding hydrogens is 228 g/mol. The minimum Gasteiger partial charge on any atom is -0.542 e. The first kappa shape index (κ1) is 18.9. The van der Waals surface area contributed by atoms with Gasteiger partial charge in [-0.1, -0.05) is 0 Å². The van der Waals surface area contributed by atoms with E-state index in [4.69, 9.17) is 14.5 Å². The third-order valence-electron chi connectivity index (χ3n) is 0.231. The van der Waals surface area contributed by atoms with E-state index in [9.17, 15) is 21.6 Å². The van der Waals surface area contributed by atoms with Crippen molar-refractivity contribution in [1.29, 1.82) is 0 Å². The quantitative estimate of drug-likeness (QED) is 0.337. The van der Waals surface area contributed by atoms with E-state index in [1.807, 2.05) is 0 Å². The second-order valence-corrected chi connectivity index (χ2v) is 2.98. The molecule has 5 nitrogen and oxygen atoms in total. The van der Waals surface area contributed by atoms with E-state index in [1.54, 1.807) is 0 Å². The Labute approximate surface area is 94.0 Å². The van der Waals surface area contributed by atoms with Crippen molar-refractivity contribution >= 4 is 16.1 Å². The van der Waals surface area contributed by atoms with Gasteiger partial charge in [-0.25, -0.2) is 0 Å². The van der Waals surface area contributed by atoms with E-state index in [-0.39, 0.29) is 29.6 Å². The molecule has 0 aliphatic heterocycles. The molecule has 74 valence electrons. The Balaban J connectivity index is -0.000000150. The number of carbonyl (C=O) groups excluding carboxylic acids is 1. The van der Waals surface area contributed by atoms with Gasteiger partial charge in [-0.15, -0.1) is 0 Å². The summed E-state index contributed by atoms with van der Waals surface area (Å²) < 4.78 is 57.4. The third-order valence-corrected chi connectivity index (χ3v) is 0.231. The van der Waals surface area contributed by atoms with E-state index >= 15 is 0 Å². The number of carboxylic acids is 1. The second-order valence-electron chi connectivity index (χ2n) is 1.52. The zero-order valence-corrected chi connectivity index (χ0v) is 9.44. The van der Waals surface area contributed by atoms with E-state index in [1.165, 1.54) is 0 Å². The van der Waals surface area contributed by atoms with Gasteiger partial charge in [-0.05, 0) is 0 Å². The van der Waals surface area contributed by atoms with E-state index in [2.05, 4.69) is 0 Å². The molecule has 0 aromatic heterocycles. The summed E-state index contributed by atoms with van der Waals surface area (Å²) in [7, 11) is -3.67. The molecule has 10 heteroatoms. The molecule has 0 rings (SSSR count). The summed E-state index contributed by atoms with van der Waals surface area (Å²) in [5.74, 6) is -3.01. The molecule has 0 amide bonds. The molecule has 0 radical (unpaired) electrons. The van der Waals surface area contributed by atoms with Crippen molar-refractivity contribution in [3.05, 3.63) is 0 Å². The first-order valence-corrected chi connectivity index (χ1v) is 4.00. The fourth-order valence-corrected chi connectivity index (χ4v) is 0. The molecule has 0 aliphatic carbocycles. The van der Waals surface area contributed by atoms with E-state index in [0.717, 1.165) is 0 Å². The third kappa shape index (κ3) is 33.1. The van der Waals surface area contributed by atoms with Crippen molar-refractivity contribution < 1.29 is 65.6 Å². The second kappa shape index (κ2) is 6.60. The van der Waals surface area contributed by atoms with Gasteiger partial charge < -0.3 is 9.90 Å². The van der Waals surface area contributed by atoms with Crippen LogP contribution in [0, 0.1) is 0 Å². The summed E-state index contributed by atoms with van der Waals surface area (Å²) in [6.45, 7) is 0. The predicted octanol–water partition coefficient (Wildman–Crippen LogP) is -4.19. The molecule has 1 N–H and O–H groups in total. The first-order valence-electron chi connectivity index (χ1n) is 2.15. The average Bonchev–Trinajstić information content (AvgIpc) is 1.55. The van der Waals surface area contributed by atoms with Crippen LogP contribution in [0.15, 0.2) is 0 Å². The van der Waals surface area contributed by atoms with Gasteiger partial charge >= 0.3 is 35.7 Å². The molecule has 0 bridgehead atoms.